The highest BCUT2D eigenvalue weighted by molar-refractivity contribution is 5.43. The Hall–Kier alpha value is -0.920. The predicted octanol–water partition coefficient (Wildman–Crippen LogP) is 3.23. The van der Waals surface area contributed by atoms with Crippen LogP contribution in [0.15, 0.2) is 6.07 Å². The van der Waals surface area contributed by atoms with E-state index in [2.05, 4.69) is 31.8 Å². The number of anilines is 1. The molecular weight excluding hydrogens is 160 g/mol. The Bertz CT molecular complexity index is 234. The molecule has 0 aliphatic rings. The van der Waals surface area contributed by atoms with E-state index in [-0.39, 0.29) is 5.41 Å². The minimum atomic E-state index is 0.169. The van der Waals surface area contributed by atoms with Gasteiger partial charge in [0.05, 0.1) is 0 Å². The second-order valence-corrected chi connectivity index (χ2v) is 4.03. The molecular formula is C11H22N2. The summed E-state index contributed by atoms with van der Waals surface area (Å²) in [4.78, 5) is 3.16. The van der Waals surface area contributed by atoms with Crippen molar-refractivity contribution in [3.05, 3.63) is 17.3 Å². The summed E-state index contributed by atoms with van der Waals surface area (Å²) in [6, 6.07) is 2.11. The van der Waals surface area contributed by atoms with E-state index in [1.807, 2.05) is 20.8 Å². The molecule has 1 aromatic heterocycles. The third kappa shape index (κ3) is 3.13. The highest BCUT2D eigenvalue weighted by atomic mass is 14.9. The van der Waals surface area contributed by atoms with Crippen LogP contribution in [-0.2, 0) is 5.41 Å². The summed E-state index contributed by atoms with van der Waals surface area (Å²) in [5.41, 5.74) is 8.19. The second kappa shape index (κ2) is 4.35. The molecule has 0 aliphatic heterocycles. The third-order valence-corrected chi connectivity index (χ3v) is 1.86. The summed E-state index contributed by atoms with van der Waals surface area (Å²) >= 11 is 0. The molecule has 0 fully saturated rings. The molecule has 0 aliphatic carbocycles. The molecule has 0 spiro atoms. The van der Waals surface area contributed by atoms with Crippen LogP contribution in [0.2, 0.25) is 0 Å². The number of nitrogen functional groups attached to an aromatic ring is 1. The predicted molar refractivity (Wildman–Crippen MR) is 60.0 cm³/mol. The van der Waals surface area contributed by atoms with E-state index in [0.29, 0.717) is 0 Å². The normalized spacial score (nSPS) is 10.6. The number of aromatic nitrogens is 1. The highest BCUT2D eigenvalue weighted by Gasteiger charge is 2.16. The molecule has 3 N–H and O–H groups in total. The molecule has 0 aromatic carbocycles. The van der Waals surface area contributed by atoms with E-state index >= 15 is 0 Å². The molecule has 0 amide bonds. The van der Waals surface area contributed by atoms with Crippen LogP contribution >= 0.6 is 0 Å². The lowest BCUT2D eigenvalue weighted by molar-refractivity contribution is 0.573. The van der Waals surface area contributed by atoms with Gasteiger partial charge in [0, 0.05) is 11.1 Å². The Morgan fingerprint density at radius 1 is 1.23 bits per heavy atom. The van der Waals surface area contributed by atoms with Gasteiger partial charge >= 0.3 is 0 Å². The smallest absolute Gasteiger partial charge is 0.103 e. The number of hydrogen-bond acceptors (Lipinski definition) is 1. The standard InChI is InChI=1S/C9H16N2.C2H6/c1-6-5-7(9(2,3)4)11-8(6)10;1-2/h5,11H,10H2,1-4H3;1-2H3. The van der Waals surface area contributed by atoms with Gasteiger partial charge in [-0.2, -0.15) is 0 Å². The van der Waals surface area contributed by atoms with Crippen molar-refractivity contribution in [2.45, 2.75) is 47.0 Å². The largest absolute Gasteiger partial charge is 0.385 e. The van der Waals surface area contributed by atoms with Gasteiger partial charge in [-0.1, -0.05) is 34.6 Å². The molecule has 0 bridgehead atoms. The number of nitrogens with one attached hydrogen (secondary N) is 1. The average molecular weight is 182 g/mol. The van der Waals surface area contributed by atoms with E-state index in [1.165, 1.54) is 5.69 Å². The van der Waals surface area contributed by atoms with Crippen molar-refractivity contribution < 1.29 is 0 Å². The Balaban J connectivity index is 0.000000671. The third-order valence-electron chi connectivity index (χ3n) is 1.86. The van der Waals surface area contributed by atoms with E-state index in [4.69, 9.17) is 5.73 Å². The molecule has 1 aromatic rings. The van der Waals surface area contributed by atoms with Gasteiger partial charge in [0.25, 0.3) is 0 Å². The maximum Gasteiger partial charge on any atom is 0.103 e. The van der Waals surface area contributed by atoms with Crippen molar-refractivity contribution >= 4 is 5.82 Å². The first-order chi connectivity index (χ1) is 5.91. The van der Waals surface area contributed by atoms with Crippen LogP contribution in [0.25, 0.3) is 0 Å². The van der Waals surface area contributed by atoms with Gasteiger partial charge in [-0.15, -0.1) is 0 Å². The Kier molecular flexibility index (Phi) is 4.05. The topological polar surface area (TPSA) is 41.8 Å². The molecule has 0 saturated heterocycles. The molecule has 0 radical (unpaired) electrons. The van der Waals surface area contributed by atoms with Crippen molar-refractivity contribution in [3.63, 3.8) is 0 Å². The molecule has 0 unspecified atom stereocenters. The fourth-order valence-electron chi connectivity index (χ4n) is 0.978. The van der Waals surface area contributed by atoms with Crippen molar-refractivity contribution in [1.82, 2.24) is 4.98 Å². The summed E-state index contributed by atoms with van der Waals surface area (Å²) in [7, 11) is 0. The SMILES string of the molecule is CC.Cc1cc(C(C)(C)C)[nH]c1N. The van der Waals surface area contributed by atoms with Gasteiger partial charge in [0.2, 0.25) is 0 Å². The number of rotatable bonds is 0. The summed E-state index contributed by atoms with van der Waals surface area (Å²) in [5.74, 6) is 0.787. The van der Waals surface area contributed by atoms with E-state index < -0.39 is 0 Å². The number of hydrogen-bond donors (Lipinski definition) is 2. The number of aryl methyl sites for hydroxylation is 1. The molecule has 2 nitrogen and oxygen atoms in total. The van der Waals surface area contributed by atoms with Gasteiger partial charge in [-0.3, -0.25) is 0 Å². The minimum absolute atomic E-state index is 0.169. The first-order valence-corrected chi connectivity index (χ1v) is 4.87. The summed E-state index contributed by atoms with van der Waals surface area (Å²) in [5, 5.41) is 0. The van der Waals surface area contributed by atoms with Crippen LogP contribution < -0.4 is 5.73 Å². The highest BCUT2D eigenvalue weighted by Crippen LogP contribution is 2.24. The Labute approximate surface area is 81.5 Å². The van der Waals surface area contributed by atoms with Crippen LogP contribution in [0, 0.1) is 6.92 Å². The number of aromatic amines is 1. The van der Waals surface area contributed by atoms with Crippen LogP contribution in [0.3, 0.4) is 0 Å². The van der Waals surface area contributed by atoms with Gasteiger partial charge < -0.3 is 10.7 Å². The lowest BCUT2D eigenvalue weighted by Crippen LogP contribution is -2.11. The molecule has 0 saturated carbocycles. The summed E-state index contributed by atoms with van der Waals surface area (Å²) < 4.78 is 0. The van der Waals surface area contributed by atoms with E-state index in [9.17, 15) is 0 Å². The van der Waals surface area contributed by atoms with Crippen molar-refractivity contribution in [3.8, 4) is 0 Å². The lowest BCUT2D eigenvalue weighted by atomic mass is 9.92. The molecule has 0 atom stereocenters. The fourth-order valence-corrected chi connectivity index (χ4v) is 0.978. The monoisotopic (exact) mass is 182 g/mol. The van der Waals surface area contributed by atoms with Gasteiger partial charge in [-0.25, -0.2) is 0 Å². The van der Waals surface area contributed by atoms with E-state index in [1.54, 1.807) is 0 Å². The zero-order chi connectivity index (χ0) is 10.6. The Morgan fingerprint density at radius 2 is 1.69 bits per heavy atom. The maximum absolute atomic E-state index is 5.68. The number of H-pyrrole nitrogens is 1. The molecule has 1 rings (SSSR count). The maximum atomic E-state index is 5.68. The van der Waals surface area contributed by atoms with Gasteiger partial charge in [0.1, 0.15) is 5.82 Å². The molecule has 2 heteroatoms. The van der Waals surface area contributed by atoms with Crippen LogP contribution in [0.5, 0.6) is 0 Å². The van der Waals surface area contributed by atoms with Crippen LogP contribution in [-0.4, -0.2) is 4.98 Å². The second-order valence-electron chi connectivity index (χ2n) is 4.03. The first-order valence-electron chi connectivity index (χ1n) is 4.87. The zero-order valence-corrected chi connectivity index (χ0v) is 9.65. The zero-order valence-electron chi connectivity index (χ0n) is 9.65. The summed E-state index contributed by atoms with van der Waals surface area (Å²) in [6.45, 7) is 12.5. The van der Waals surface area contributed by atoms with Crippen molar-refractivity contribution in [2.24, 2.45) is 0 Å². The molecule has 1 heterocycles. The first kappa shape index (κ1) is 12.1. The molecule has 76 valence electrons. The van der Waals surface area contributed by atoms with Gasteiger partial charge in [0.15, 0.2) is 0 Å². The lowest BCUT2D eigenvalue weighted by Gasteiger charge is -2.15. The van der Waals surface area contributed by atoms with Crippen molar-refractivity contribution in [2.75, 3.05) is 5.73 Å². The van der Waals surface area contributed by atoms with Crippen LogP contribution in [0.4, 0.5) is 5.82 Å². The fraction of sp³-hybridized carbons (Fsp3) is 0.636. The van der Waals surface area contributed by atoms with E-state index in [0.717, 1.165) is 11.4 Å². The summed E-state index contributed by atoms with van der Waals surface area (Å²) in [6.07, 6.45) is 0. The number of nitrogens with two attached hydrogens (primary N) is 1. The average Bonchev–Trinajstić information content (AvgIpc) is 2.35. The quantitative estimate of drug-likeness (QED) is 0.635. The van der Waals surface area contributed by atoms with Crippen molar-refractivity contribution in [1.29, 1.82) is 0 Å². The minimum Gasteiger partial charge on any atom is -0.385 e. The van der Waals surface area contributed by atoms with Gasteiger partial charge in [-0.05, 0) is 18.6 Å². The molecule has 13 heavy (non-hydrogen) atoms. The van der Waals surface area contributed by atoms with Crippen LogP contribution in [0.1, 0.15) is 45.9 Å². The Morgan fingerprint density at radius 3 is 1.85 bits per heavy atom.